The van der Waals surface area contributed by atoms with Crippen molar-refractivity contribution >= 4 is 18.9 Å². The van der Waals surface area contributed by atoms with E-state index in [4.69, 9.17) is 0 Å². The predicted octanol–water partition coefficient (Wildman–Crippen LogP) is 1.67. The fourth-order valence-corrected chi connectivity index (χ4v) is 0.522. The van der Waals surface area contributed by atoms with Crippen molar-refractivity contribution < 1.29 is 8.98 Å². The van der Waals surface area contributed by atoms with Gasteiger partial charge in [0.15, 0.2) is 0 Å². The molecule has 0 aromatic rings. The number of carbonyl (C=O) groups is 1. The Kier molecular flexibility index (Phi) is 3.70. The topological polar surface area (TPSA) is 26.3 Å². The molecule has 0 aromatic carbocycles. The first kappa shape index (κ1) is 8.82. The Balaban J connectivity index is 3.72. The van der Waals surface area contributed by atoms with Gasteiger partial charge in [-0.1, -0.05) is 20.8 Å². The number of hydrogen-bond acceptors (Lipinski definition) is 3. The van der Waals surface area contributed by atoms with Gasteiger partial charge in [-0.2, -0.15) is 0 Å². The Bertz CT molecular complexity index is 101. The van der Waals surface area contributed by atoms with Gasteiger partial charge < -0.3 is 4.18 Å². The van der Waals surface area contributed by atoms with Gasteiger partial charge in [0.25, 0.3) is 0 Å². The monoisotopic (exact) mass is 148 g/mol. The molecule has 0 aliphatic carbocycles. The first-order valence-corrected chi connectivity index (χ1v) is 3.31. The molecular weight excluding hydrogens is 136 g/mol. The van der Waals surface area contributed by atoms with E-state index in [-0.39, 0.29) is 11.9 Å². The fraction of sp³-hybridized carbons (Fsp3) is 0.833. The Morgan fingerprint density at radius 2 is 1.89 bits per heavy atom. The van der Waals surface area contributed by atoms with Crippen LogP contribution in [0.25, 0.3) is 0 Å². The molecule has 1 atom stereocenters. The van der Waals surface area contributed by atoms with Crippen molar-refractivity contribution in [2.24, 2.45) is 11.8 Å². The first-order valence-electron chi connectivity index (χ1n) is 2.94. The van der Waals surface area contributed by atoms with Crippen LogP contribution in [0, 0.1) is 11.8 Å². The minimum absolute atomic E-state index is 0.0532. The molecule has 0 bridgehead atoms. The normalized spacial score (nSPS) is 13.4. The molecule has 0 radical (unpaired) electrons. The van der Waals surface area contributed by atoms with E-state index < -0.39 is 0 Å². The molecule has 2 nitrogen and oxygen atoms in total. The maximum atomic E-state index is 10.7. The molecule has 54 valence electrons. The fourth-order valence-electron chi connectivity index (χ4n) is 0.355. The smallest absolute Gasteiger partial charge is 0.320 e. The number of thiol groups is 1. The highest BCUT2D eigenvalue weighted by Gasteiger charge is 2.16. The Hall–Kier alpha value is -0.180. The third-order valence-electron chi connectivity index (χ3n) is 1.46. The molecule has 3 heteroatoms. The number of rotatable bonds is 2. The Labute approximate surface area is 61.2 Å². The zero-order chi connectivity index (χ0) is 7.44. The van der Waals surface area contributed by atoms with Crippen molar-refractivity contribution in [1.29, 1.82) is 0 Å². The van der Waals surface area contributed by atoms with E-state index in [0.717, 1.165) is 0 Å². The van der Waals surface area contributed by atoms with Crippen LogP contribution in [-0.4, -0.2) is 5.97 Å². The molecule has 0 spiro atoms. The lowest BCUT2D eigenvalue weighted by atomic mass is 9.99. The highest BCUT2D eigenvalue weighted by molar-refractivity contribution is 7.75. The van der Waals surface area contributed by atoms with Gasteiger partial charge in [0.2, 0.25) is 0 Å². The molecule has 1 unspecified atom stereocenters. The van der Waals surface area contributed by atoms with Crippen molar-refractivity contribution in [2.45, 2.75) is 20.8 Å². The predicted molar refractivity (Wildman–Crippen MR) is 39.1 cm³/mol. The van der Waals surface area contributed by atoms with E-state index in [1.807, 2.05) is 20.8 Å². The van der Waals surface area contributed by atoms with Crippen molar-refractivity contribution in [3.05, 3.63) is 0 Å². The summed E-state index contributed by atoms with van der Waals surface area (Å²) < 4.78 is 4.23. The summed E-state index contributed by atoms with van der Waals surface area (Å²) in [6, 6.07) is 0. The summed E-state index contributed by atoms with van der Waals surface area (Å²) in [7, 11) is 0. The summed E-state index contributed by atoms with van der Waals surface area (Å²) in [5, 5.41) is 0. The second kappa shape index (κ2) is 3.77. The zero-order valence-electron chi connectivity index (χ0n) is 5.92. The SMILES string of the molecule is CC(C)C(C)C(=O)OS. The van der Waals surface area contributed by atoms with Crippen LogP contribution >= 0.6 is 12.9 Å². The van der Waals surface area contributed by atoms with Crippen LogP contribution in [0.5, 0.6) is 0 Å². The van der Waals surface area contributed by atoms with Crippen LogP contribution in [0.15, 0.2) is 0 Å². The van der Waals surface area contributed by atoms with Gasteiger partial charge in [0.05, 0.1) is 5.92 Å². The molecule has 0 aromatic heterocycles. The van der Waals surface area contributed by atoms with Crippen LogP contribution < -0.4 is 0 Å². The lowest BCUT2D eigenvalue weighted by Crippen LogP contribution is -2.16. The summed E-state index contributed by atoms with van der Waals surface area (Å²) >= 11 is 3.40. The molecular formula is C6H12O2S. The molecule has 0 aliphatic rings. The van der Waals surface area contributed by atoms with Crippen LogP contribution in [0.3, 0.4) is 0 Å². The lowest BCUT2D eigenvalue weighted by Gasteiger charge is -2.10. The van der Waals surface area contributed by atoms with E-state index >= 15 is 0 Å². The number of carbonyl (C=O) groups excluding carboxylic acids is 1. The maximum Gasteiger partial charge on any atom is 0.320 e. The summed E-state index contributed by atoms with van der Waals surface area (Å²) in [6.07, 6.45) is 0. The second-order valence-corrected chi connectivity index (χ2v) is 2.63. The third kappa shape index (κ3) is 2.75. The van der Waals surface area contributed by atoms with Gasteiger partial charge in [-0.25, -0.2) is 0 Å². The molecule has 0 amide bonds. The minimum Gasteiger partial charge on any atom is -0.394 e. The minimum atomic E-state index is -0.256. The maximum absolute atomic E-state index is 10.7. The molecule has 0 heterocycles. The molecule has 9 heavy (non-hydrogen) atoms. The van der Waals surface area contributed by atoms with Gasteiger partial charge in [-0.05, 0) is 5.92 Å². The Morgan fingerprint density at radius 3 is 2.00 bits per heavy atom. The van der Waals surface area contributed by atoms with Crippen LogP contribution in [0.4, 0.5) is 0 Å². The average molecular weight is 148 g/mol. The highest BCUT2D eigenvalue weighted by Crippen LogP contribution is 2.11. The molecule has 0 saturated heterocycles. The van der Waals surface area contributed by atoms with Gasteiger partial charge in [-0.3, -0.25) is 4.79 Å². The van der Waals surface area contributed by atoms with Crippen molar-refractivity contribution in [2.75, 3.05) is 0 Å². The van der Waals surface area contributed by atoms with Crippen LogP contribution in [-0.2, 0) is 8.98 Å². The van der Waals surface area contributed by atoms with Crippen molar-refractivity contribution in [3.8, 4) is 0 Å². The van der Waals surface area contributed by atoms with Gasteiger partial charge in [-0.15, -0.1) is 0 Å². The van der Waals surface area contributed by atoms with E-state index in [2.05, 4.69) is 17.1 Å². The molecule has 0 rings (SSSR count). The second-order valence-electron chi connectivity index (χ2n) is 2.44. The summed E-state index contributed by atoms with van der Waals surface area (Å²) in [6.45, 7) is 5.76. The van der Waals surface area contributed by atoms with Gasteiger partial charge >= 0.3 is 5.97 Å². The van der Waals surface area contributed by atoms with E-state index in [0.29, 0.717) is 5.92 Å². The lowest BCUT2D eigenvalue weighted by molar-refractivity contribution is -0.138. The van der Waals surface area contributed by atoms with Gasteiger partial charge in [0, 0.05) is 12.9 Å². The zero-order valence-corrected chi connectivity index (χ0v) is 6.81. The molecule has 0 fully saturated rings. The van der Waals surface area contributed by atoms with Crippen LogP contribution in [0.1, 0.15) is 20.8 Å². The first-order chi connectivity index (χ1) is 4.09. The highest BCUT2D eigenvalue weighted by atomic mass is 32.1. The van der Waals surface area contributed by atoms with Gasteiger partial charge in [0.1, 0.15) is 0 Å². The summed E-state index contributed by atoms with van der Waals surface area (Å²) in [5.74, 6) is 0.0143. The van der Waals surface area contributed by atoms with E-state index in [9.17, 15) is 4.79 Å². The summed E-state index contributed by atoms with van der Waals surface area (Å²) in [4.78, 5) is 10.7. The van der Waals surface area contributed by atoms with E-state index in [1.165, 1.54) is 0 Å². The molecule has 0 aliphatic heterocycles. The van der Waals surface area contributed by atoms with Crippen molar-refractivity contribution in [3.63, 3.8) is 0 Å². The van der Waals surface area contributed by atoms with Crippen molar-refractivity contribution in [1.82, 2.24) is 0 Å². The Morgan fingerprint density at radius 1 is 1.44 bits per heavy atom. The average Bonchev–Trinajstić information content (AvgIpc) is 1.84. The quantitative estimate of drug-likeness (QED) is 0.476. The molecule has 0 saturated carbocycles. The molecule has 0 N–H and O–H groups in total. The summed E-state index contributed by atoms with van der Waals surface area (Å²) in [5.41, 5.74) is 0. The number of hydrogen-bond donors (Lipinski definition) is 1. The standard InChI is InChI=1S/C6H12O2S/c1-4(2)5(3)6(7)8-9/h4-5,9H,1-3H3. The largest absolute Gasteiger partial charge is 0.394 e. The van der Waals surface area contributed by atoms with E-state index in [1.54, 1.807) is 0 Å². The third-order valence-corrected chi connectivity index (χ3v) is 1.64. The van der Waals surface area contributed by atoms with Crippen LogP contribution in [0.2, 0.25) is 0 Å².